The van der Waals surface area contributed by atoms with E-state index in [9.17, 15) is 4.39 Å². The van der Waals surface area contributed by atoms with Gasteiger partial charge in [0.1, 0.15) is 5.82 Å². The van der Waals surface area contributed by atoms with Gasteiger partial charge in [0.2, 0.25) is 0 Å². The van der Waals surface area contributed by atoms with Crippen LogP contribution in [0.1, 0.15) is 24.5 Å². The van der Waals surface area contributed by atoms with E-state index in [0.29, 0.717) is 0 Å². The number of rotatable bonds is 3. The highest BCUT2D eigenvalue weighted by molar-refractivity contribution is 5.26. The van der Waals surface area contributed by atoms with Crippen LogP contribution in [0.2, 0.25) is 0 Å². The van der Waals surface area contributed by atoms with Crippen molar-refractivity contribution in [1.82, 2.24) is 0 Å². The first-order chi connectivity index (χ1) is 6.09. The third-order valence-corrected chi connectivity index (χ3v) is 2.14. The van der Waals surface area contributed by atoms with Crippen LogP contribution >= 0.6 is 0 Å². The second-order valence-electron chi connectivity index (χ2n) is 3.46. The minimum absolute atomic E-state index is 0.196. The molecule has 72 valence electrons. The molecule has 0 aliphatic rings. The molecular weight excluding hydrogens is 167 g/mol. The van der Waals surface area contributed by atoms with E-state index in [1.807, 2.05) is 6.92 Å². The Morgan fingerprint density at radius 1 is 1.46 bits per heavy atom. The van der Waals surface area contributed by atoms with Gasteiger partial charge in [0.15, 0.2) is 0 Å². The van der Waals surface area contributed by atoms with Gasteiger partial charge < -0.3 is 5.11 Å². The molecule has 13 heavy (non-hydrogen) atoms. The van der Waals surface area contributed by atoms with Crippen LogP contribution in [0.4, 0.5) is 4.39 Å². The summed E-state index contributed by atoms with van der Waals surface area (Å²) in [6.07, 6.45) is 1.25. The topological polar surface area (TPSA) is 20.2 Å². The third kappa shape index (κ3) is 3.15. The average molecular weight is 182 g/mol. The molecule has 0 heterocycles. The van der Waals surface area contributed by atoms with Gasteiger partial charge in [-0.1, -0.05) is 6.07 Å². The standard InChI is InChI=1S/C11H15FO/c1-8-7-11(12)6-5-10(8)4-3-9(2)13/h5-7,9,13H,3-4H2,1-2H3. The van der Waals surface area contributed by atoms with Crippen molar-refractivity contribution in [2.24, 2.45) is 0 Å². The van der Waals surface area contributed by atoms with Gasteiger partial charge in [-0.25, -0.2) is 4.39 Å². The molecule has 0 aromatic heterocycles. The highest BCUT2D eigenvalue weighted by Crippen LogP contribution is 2.12. The molecule has 2 heteroatoms. The van der Waals surface area contributed by atoms with Crippen LogP contribution in [-0.2, 0) is 6.42 Å². The quantitative estimate of drug-likeness (QED) is 0.761. The smallest absolute Gasteiger partial charge is 0.123 e. The summed E-state index contributed by atoms with van der Waals surface area (Å²) in [4.78, 5) is 0. The fourth-order valence-corrected chi connectivity index (χ4v) is 1.30. The summed E-state index contributed by atoms with van der Waals surface area (Å²) < 4.78 is 12.7. The second kappa shape index (κ2) is 4.38. The molecule has 0 spiro atoms. The molecule has 0 amide bonds. The molecule has 1 aromatic rings. The lowest BCUT2D eigenvalue weighted by molar-refractivity contribution is 0.185. The van der Waals surface area contributed by atoms with E-state index in [-0.39, 0.29) is 11.9 Å². The Bertz CT molecular complexity index is 281. The highest BCUT2D eigenvalue weighted by atomic mass is 19.1. The molecule has 0 aliphatic heterocycles. The van der Waals surface area contributed by atoms with Crippen LogP contribution in [-0.4, -0.2) is 11.2 Å². The van der Waals surface area contributed by atoms with E-state index in [1.165, 1.54) is 12.1 Å². The molecular formula is C11H15FO. The minimum atomic E-state index is -0.288. The van der Waals surface area contributed by atoms with Crippen molar-refractivity contribution in [2.75, 3.05) is 0 Å². The lowest BCUT2D eigenvalue weighted by Crippen LogP contribution is -2.02. The largest absolute Gasteiger partial charge is 0.393 e. The summed E-state index contributed by atoms with van der Waals surface area (Å²) >= 11 is 0. The minimum Gasteiger partial charge on any atom is -0.393 e. The normalized spacial score (nSPS) is 12.9. The van der Waals surface area contributed by atoms with Crippen molar-refractivity contribution in [1.29, 1.82) is 0 Å². The summed E-state index contributed by atoms with van der Waals surface area (Å²) in [6.45, 7) is 3.65. The number of hydrogen-bond donors (Lipinski definition) is 1. The molecule has 1 N–H and O–H groups in total. The molecule has 1 aromatic carbocycles. The van der Waals surface area contributed by atoms with E-state index in [2.05, 4.69) is 0 Å². The SMILES string of the molecule is Cc1cc(F)ccc1CCC(C)O. The number of benzene rings is 1. The molecule has 1 nitrogen and oxygen atoms in total. The predicted molar refractivity (Wildman–Crippen MR) is 51.1 cm³/mol. The predicted octanol–water partition coefficient (Wildman–Crippen LogP) is 2.45. The number of aliphatic hydroxyl groups excluding tert-OH is 1. The lowest BCUT2D eigenvalue weighted by atomic mass is 10.0. The van der Waals surface area contributed by atoms with Gasteiger partial charge in [-0.15, -0.1) is 0 Å². The van der Waals surface area contributed by atoms with Gasteiger partial charge in [-0.2, -0.15) is 0 Å². The van der Waals surface area contributed by atoms with E-state index >= 15 is 0 Å². The number of aliphatic hydroxyl groups is 1. The van der Waals surface area contributed by atoms with Gasteiger partial charge in [0, 0.05) is 0 Å². The zero-order chi connectivity index (χ0) is 9.84. The Kier molecular flexibility index (Phi) is 3.43. The molecule has 0 fully saturated rings. The third-order valence-electron chi connectivity index (χ3n) is 2.14. The van der Waals surface area contributed by atoms with Crippen molar-refractivity contribution >= 4 is 0 Å². The van der Waals surface area contributed by atoms with Gasteiger partial charge in [0.25, 0.3) is 0 Å². The van der Waals surface area contributed by atoms with E-state index in [4.69, 9.17) is 5.11 Å². The van der Waals surface area contributed by atoms with Crippen LogP contribution in [0.5, 0.6) is 0 Å². The fourth-order valence-electron chi connectivity index (χ4n) is 1.30. The monoisotopic (exact) mass is 182 g/mol. The van der Waals surface area contributed by atoms with Gasteiger partial charge in [-0.05, 0) is 49.9 Å². The Balaban J connectivity index is 2.67. The summed E-state index contributed by atoms with van der Waals surface area (Å²) in [6, 6.07) is 4.77. The first-order valence-corrected chi connectivity index (χ1v) is 4.52. The first kappa shape index (κ1) is 10.2. The van der Waals surface area contributed by atoms with Crippen LogP contribution in [0, 0.1) is 12.7 Å². The summed E-state index contributed by atoms with van der Waals surface area (Å²) in [7, 11) is 0. The maximum Gasteiger partial charge on any atom is 0.123 e. The van der Waals surface area contributed by atoms with Crippen molar-refractivity contribution in [3.8, 4) is 0 Å². The number of halogens is 1. The van der Waals surface area contributed by atoms with E-state index < -0.39 is 0 Å². The van der Waals surface area contributed by atoms with Crippen LogP contribution in [0.25, 0.3) is 0 Å². The zero-order valence-corrected chi connectivity index (χ0v) is 8.05. The number of aryl methyl sites for hydroxylation is 2. The van der Waals surface area contributed by atoms with Crippen molar-refractivity contribution in [2.45, 2.75) is 32.8 Å². The molecule has 1 atom stereocenters. The van der Waals surface area contributed by atoms with E-state index in [1.54, 1.807) is 13.0 Å². The summed E-state index contributed by atoms with van der Waals surface area (Å²) in [5.74, 6) is -0.196. The molecule has 0 saturated heterocycles. The summed E-state index contributed by atoms with van der Waals surface area (Å²) in [5, 5.41) is 9.09. The average Bonchev–Trinajstić information content (AvgIpc) is 2.02. The van der Waals surface area contributed by atoms with Crippen molar-refractivity contribution < 1.29 is 9.50 Å². The van der Waals surface area contributed by atoms with Crippen molar-refractivity contribution in [3.05, 3.63) is 35.1 Å². The van der Waals surface area contributed by atoms with Crippen LogP contribution in [0.15, 0.2) is 18.2 Å². The molecule has 0 bridgehead atoms. The fraction of sp³-hybridized carbons (Fsp3) is 0.455. The maximum absolute atomic E-state index is 12.7. The van der Waals surface area contributed by atoms with Crippen LogP contribution in [0.3, 0.4) is 0 Å². The molecule has 1 unspecified atom stereocenters. The zero-order valence-electron chi connectivity index (χ0n) is 8.05. The molecule has 0 saturated carbocycles. The molecule has 0 radical (unpaired) electrons. The lowest BCUT2D eigenvalue weighted by Gasteiger charge is -2.07. The Morgan fingerprint density at radius 2 is 2.15 bits per heavy atom. The first-order valence-electron chi connectivity index (χ1n) is 4.52. The van der Waals surface area contributed by atoms with Crippen LogP contribution < -0.4 is 0 Å². The molecule has 0 aliphatic carbocycles. The Morgan fingerprint density at radius 3 is 2.69 bits per heavy atom. The van der Waals surface area contributed by atoms with Gasteiger partial charge >= 0.3 is 0 Å². The maximum atomic E-state index is 12.7. The highest BCUT2D eigenvalue weighted by Gasteiger charge is 2.01. The van der Waals surface area contributed by atoms with E-state index in [0.717, 1.165) is 24.0 Å². The Labute approximate surface area is 78.2 Å². The number of hydrogen-bond acceptors (Lipinski definition) is 1. The molecule has 1 rings (SSSR count). The second-order valence-corrected chi connectivity index (χ2v) is 3.46. The van der Waals surface area contributed by atoms with Gasteiger partial charge in [-0.3, -0.25) is 0 Å². The van der Waals surface area contributed by atoms with Gasteiger partial charge in [0.05, 0.1) is 6.10 Å². The summed E-state index contributed by atoms with van der Waals surface area (Å²) in [5.41, 5.74) is 2.07. The van der Waals surface area contributed by atoms with Crippen molar-refractivity contribution in [3.63, 3.8) is 0 Å². The Hall–Kier alpha value is -0.890.